The van der Waals surface area contributed by atoms with Crippen molar-refractivity contribution < 1.29 is 9.53 Å². The molecule has 5 nitrogen and oxygen atoms in total. The van der Waals surface area contributed by atoms with E-state index < -0.39 is 0 Å². The zero-order valence-corrected chi connectivity index (χ0v) is 13.2. The van der Waals surface area contributed by atoms with Crippen molar-refractivity contribution in [3.63, 3.8) is 0 Å². The molecule has 0 radical (unpaired) electrons. The Morgan fingerprint density at radius 3 is 2.95 bits per heavy atom. The van der Waals surface area contributed by atoms with Crippen LogP contribution in [0.15, 0.2) is 16.8 Å². The molecule has 2 aliphatic rings. The van der Waals surface area contributed by atoms with E-state index in [0.29, 0.717) is 13.0 Å². The molecule has 2 rings (SSSR count). The summed E-state index contributed by atoms with van der Waals surface area (Å²) in [6, 6.07) is 0. The van der Waals surface area contributed by atoms with Crippen molar-refractivity contribution in [1.82, 2.24) is 10.2 Å². The van der Waals surface area contributed by atoms with E-state index in [9.17, 15) is 4.79 Å². The molecule has 0 spiro atoms. The van der Waals surface area contributed by atoms with Crippen LogP contribution in [0.3, 0.4) is 0 Å². The molecular weight excluding hydrogens is 266 g/mol. The van der Waals surface area contributed by atoms with Gasteiger partial charge in [0.15, 0.2) is 0 Å². The van der Waals surface area contributed by atoms with E-state index >= 15 is 0 Å². The monoisotopic (exact) mass is 293 g/mol. The molecule has 0 aromatic carbocycles. The lowest BCUT2D eigenvalue weighted by atomic mass is 9.84. The minimum atomic E-state index is -0.0910. The second-order valence-corrected chi connectivity index (χ2v) is 6.15. The Morgan fingerprint density at radius 1 is 1.48 bits per heavy atom. The number of piperazine rings is 1. The lowest BCUT2D eigenvalue weighted by Gasteiger charge is -2.35. The number of aliphatic imine (C=N–C) groups is 1. The Hall–Kier alpha value is -1.36. The summed E-state index contributed by atoms with van der Waals surface area (Å²) in [7, 11) is 0. The summed E-state index contributed by atoms with van der Waals surface area (Å²) in [4.78, 5) is 18.3. The van der Waals surface area contributed by atoms with E-state index in [0.717, 1.165) is 45.6 Å². The third kappa shape index (κ3) is 4.84. The van der Waals surface area contributed by atoms with Crippen LogP contribution >= 0.6 is 0 Å². The van der Waals surface area contributed by atoms with Gasteiger partial charge in [-0.2, -0.15) is 0 Å². The highest BCUT2D eigenvalue weighted by Gasteiger charge is 2.26. The van der Waals surface area contributed by atoms with Crippen LogP contribution in [0, 0.1) is 5.41 Å². The van der Waals surface area contributed by atoms with Crippen LogP contribution in [0.5, 0.6) is 0 Å². The van der Waals surface area contributed by atoms with E-state index in [1.165, 1.54) is 5.70 Å². The minimum Gasteiger partial charge on any atom is -0.466 e. The first-order valence-corrected chi connectivity index (χ1v) is 7.97. The smallest absolute Gasteiger partial charge is 0.305 e. The largest absolute Gasteiger partial charge is 0.466 e. The average Bonchev–Trinajstić information content (AvgIpc) is 2.48. The number of esters is 1. The van der Waals surface area contributed by atoms with Crippen LogP contribution in [0.4, 0.5) is 0 Å². The number of ether oxygens (including phenoxy) is 1. The molecular formula is C16H27N3O2. The molecule has 1 atom stereocenters. The summed E-state index contributed by atoms with van der Waals surface area (Å²) < 4.78 is 5.29. The number of hydrogen-bond donors (Lipinski definition) is 1. The van der Waals surface area contributed by atoms with Gasteiger partial charge in [-0.25, -0.2) is 0 Å². The predicted octanol–water partition coefficient (Wildman–Crippen LogP) is 1.60. The van der Waals surface area contributed by atoms with Gasteiger partial charge in [0.1, 0.15) is 0 Å². The summed E-state index contributed by atoms with van der Waals surface area (Å²) in [6.07, 6.45) is 6.47. The molecule has 118 valence electrons. The van der Waals surface area contributed by atoms with Crippen molar-refractivity contribution in [3.8, 4) is 0 Å². The second kappa shape index (κ2) is 7.59. The number of nitrogens with one attached hydrogen (secondary N) is 1. The van der Waals surface area contributed by atoms with E-state index in [2.05, 4.69) is 28.2 Å². The van der Waals surface area contributed by atoms with Crippen LogP contribution in [0.25, 0.3) is 0 Å². The third-order valence-corrected chi connectivity index (χ3v) is 4.04. The standard InChI is InChI=1S/C16H27N3O2/c1-3-4-15(20)21-10-5-16(2)11-14(12-18-13-16)19-8-6-17-7-9-19/h11-12,17H,3-10,13H2,1-2H3. The van der Waals surface area contributed by atoms with Gasteiger partial charge in [0.05, 0.1) is 12.3 Å². The van der Waals surface area contributed by atoms with Crippen LogP contribution < -0.4 is 5.32 Å². The zero-order valence-electron chi connectivity index (χ0n) is 13.2. The van der Waals surface area contributed by atoms with Gasteiger partial charge in [0.2, 0.25) is 0 Å². The Kier molecular flexibility index (Phi) is 5.79. The Balaban J connectivity index is 1.87. The number of carbonyl (C=O) groups excluding carboxylic acids is 1. The first-order valence-electron chi connectivity index (χ1n) is 7.97. The number of dihydropyridines is 1. The number of carbonyl (C=O) groups is 1. The number of hydrogen-bond acceptors (Lipinski definition) is 5. The van der Waals surface area contributed by atoms with Crippen LogP contribution in [-0.4, -0.2) is 56.4 Å². The highest BCUT2D eigenvalue weighted by atomic mass is 16.5. The van der Waals surface area contributed by atoms with Gasteiger partial charge in [-0.3, -0.25) is 9.79 Å². The second-order valence-electron chi connectivity index (χ2n) is 6.15. The van der Waals surface area contributed by atoms with Crippen molar-refractivity contribution in [1.29, 1.82) is 0 Å². The van der Waals surface area contributed by atoms with E-state index in [1.54, 1.807) is 0 Å². The Labute approximate surface area is 127 Å². The zero-order chi connectivity index (χ0) is 15.1. The number of rotatable bonds is 6. The van der Waals surface area contributed by atoms with Gasteiger partial charge in [0.25, 0.3) is 0 Å². The summed E-state index contributed by atoms with van der Waals surface area (Å²) >= 11 is 0. The van der Waals surface area contributed by atoms with E-state index in [4.69, 9.17) is 4.74 Å². The van der Waals surface area contributed by atoms with Crippen LogP contribution in [0.1, 0.15) is 33.1 Å². The fourth-order valence-corrected chi connectivity index (χ4v) is 2.71. The molecule has 0 saturated carbocycles. The summed E-state index contributed by atoms with van der Waals surface area (Å²) in [6.45, 7) is 9.54. The predicted molar refractivity (Wildman–Crippen MR) is 84.5 cm³/mol. The lowest BCUT2D eigenvalue weighted by Crippen LogP contribution is -2.44. The summed E-state index contributed by atoms with van der Waals surface area (Å²) in [5.41, 5.74) is 1.20. The lowest BCUT2D eigenvalue weighted by molar-refractivity contribution is -0.144. The minimum absolute atomic E-state index is 0.0124. The molecule has 1 unspecified atom stereocenters. The fraction of sp³-hybridized carbons (Fsp3) is 0.750. The molecule has 21 heavy (non-hydrogen) atoms. The summed E-state index contributed by atoms with van der Waals surface area (Å²) in [5, 5.41) is 3.36. The number of nitrogens with zero attached hydrogens (tertiary/aromatic N) is 2. The van der Waals surface area contributed by atoms with Crippen LogP contribution in [-0.2, 0) is 9.53 Å². The molecule has 2 aliphatic heterocycles. The molecule has 1 N–H and O–H groups in total. The third-order valence-electron chi connectivity index (χ3n) is 4.04. The topological polar surface area (TPSA) is 53.9 Å². The first kappa shape index (κ1) is 16.0. The van der Waals surface area contributed by atoms with E-state index in [1.807, 2.05) is 13.1 Å². The SMILES string of the molecule is CCCC(=O)OCCC1(C)C=C(N2CCNCC2)C=NC1. The molecule has 0 aromatic heterocycles. The Morgan fingerprint density at radius 2 is 2.24 bits per heavy atom. The van der Waals surface area contributed by atoms with Crippen LogP contribution in [0.2, 0.25) is 0 Å². The van der Waals surface area contributed by atoms with Gasteiger partial charge in [-0.15, -0.1) is 0 Å². The van der Waals surface area contributed by atoms with Crippen molar-refractivity contribution in [3.05, 3.63) is 11.8 Å². The molecule has 2 heterocycles. The van der Waals surface area contributed by atoms with Gasteiger partial charge in [-0.05, 0) is 12.8 Å². The molecule has 0 aliphatic carbocycles. The van der Waals surface area contributed by atoms with E-state index in [-0.39, 0.29) is 11.4 Å². The maximum absolute atomic E-state index is 11.4. The highest BCUT2D eigenvalue weighted by molar-refractivity contribution is 5.79. The maximum atomic E-state index is 11.4. The van der Waals surface area contributed by atoms with Crippen molar-refractivity contribution in [2.45, 2.75) is 33.1 Å². The molecule has 5 heteroatoms. The van der Waals surface area contributed by atoms with Gasteiger partial charge in [-0.1, -0.05) is 19.9 Å². The van der Waals surface area contributed by atoms with Crippen molar-refractivity contribution in [2.24, 2.45) is 10.4 Å². The Bertz CT molecular complexity index is 414. The van der Waals surface area contributed by atoms with Crippen molar-refractivity contribution in [2.75, 3.05) is 39.3 Å². The average molecular weight is 293 g/mol. The van der Waals surface area contributed by atoms with Gasteiger partial charge in [0, 0.05) is 50.8 Å². The molecule has 1 fully saturated rings. The highest BCUT2D eigenvalue weighted by Crippen LogP contribution is 2.29. The molecule has 0 aromatic rings. The van der Waals surface area contributed by atoms with Gasteiger partial charge < -0.3 is 15.0 Å². The quantitative estimate of drug-likeness (QED) is 0.756. The first-order chi connectivity index (χ1) is 10.1. The molecule has 1 saturated heterocycles. The normalized spacial score (nSPS) is 25.6. The number of allylic oxidation sites excluding steroid dienone is 1. The summed E-state index contributed by atoms with van der Waals surface area (Å²) in [5.74, 6) is -0.0910. The van der Waals surface area contributed by atoms with Gasteiger partial charge >= 0.3 is 5.97 Å². The maximum Gasteiger partial charge on any atom is 0.305 e. The molecule has 0 bridgehead atoms. The van der Waals surface area contributed by atoms with Crippen molar-refractivity contribution >= 4 is 12.2 Å². The fourth-order valence-electron chi connectivity index (χ4n) is 2.71. The molecule has 0 amide bonds.